The molecule has 2 aliphatic rings. The van der Waals surface area contributed by atoms with Crippen molar-refractivity contribution in [1.82, 2.24) is 9.55 Å². The summed E-state index contributed by atoms with van der Waals surface area (Å²) in [6.45, 7) is 0. The molecule has 0 amide bonds. The molecular weight excluding hydrogens is 857 g/mol. The Morgan fingerprint density at radius 1 is 0.482 bits per heavy atom. The Kier molecular flexibility index (Phi) is 8.66. The second-order valence-corrected chi connectivity index (χ2v) is 15.4. The number of benzene rings is 7. The maximum Gasteiger partial charge on any atom is 0.0541 e. The minimum absolute atomic E-state index is 0. The van der Waals surface area contributed by atoms with Crippen LogP contribution in [0.3, 0.4) is 0 Å². The van der Waals surface area contributed by atoms with Crippen molar-refractivity contribution in [3.63, 3.8) is 0 Å². The van der Waals surface area contributed by atoms with Gasteiger partial charge >= 0.3 is 0 Å². The average molecular weight is 896 g/mol. The molecule has 0 saturated heterocycles. The predicted molar refractivity (Wildman–Crippen MR) is 228 cm³/mol. The van der Waals surface area contributed by atoms with Gasteiger partial charge in [-0.2, -0.15) is 0 Å². The van der Waals surface area contributed by atoms with E-state index in [4.69, 9.17) is 0 Å². The van der Waals surface area contributed by atoms with Gasteiger partial charge in [0.2, 0.25) is 0 Å². The largest absolute Gasteiger partial charge is 0.309 e. The zero-order valence-electron chi connectivity index (χ0n) is 31.0. The number of rotatable bonds is 5. The Balaban J connectivity index is 0.00000384. The maximum absolute atomic E-state index is 4.56. The molecule has 2 aromatic heterocycles. The summed E-state index contributed by atoms with van der Waals surface area (Å²) in [7, 11) is 0. The third kappa shape index (κ3) is 5.61. The first-order chi connectivity index (χ1) is 27.2. The van der Waals surface area contributed by atoms with Gasteiger partial charge in [-0.05, 0) is 117 Å². The van der Waals surface area contributed by atoms with Crippen LogP contribution >= 0.6 is 0 Å². The maximum atomic E-state index is 4.56. The van der Waals surface area contributed by atoms with E-state index in [1.54, 1.807) is 0 Å². The molecule has 7 aromatic carbocycles. The number of pyridine rings is 1. The molecule has 56 heavy (non-hydrogen) atoms. The molecule has 1 fully saturated rings. The molecule has 2 nitrogen and oxygen atoms in total. The first kappa shape index (κ1) is 34.6. The van der Waals surface area contributed by atoms with Gasteiger partial charge in [0.15, 0.2) is 0 Å². The summed E-state index contributed by atoms with van der Waals surface area (Å²) >= 11 is 0. The number of para-hydroxylation sites is 2. The van der Waals surface area contributed by atoms with Crippen LogP contribution in [-0.4, -0.2) is 9.55 Å². The van der Waals surface area contributed by atoms with E-state index in [9.17, 15) is 0 Å². The molecular formula is C53H39IrN2-. The fourth-order valence-electron chi connectivity index (χ4n) is 9.75. The third-order valence-electron chi connectivity index (χ3n) is 12.4. The first-order valence-electron chi connectivity index (χ1n) is 19.7. The van der Waals surface area contributed by atoms with E-state index >= 15 is 0 Å². The summed E-state index contributed by atoms with van der Waals surface area (Å²) in [6.07, 6.45) is 8.08. The summed E-state index contributed by atoms with van der Waals surface area (Å²) in [5, 5.41) is 2.58. The number of fused-ring (bicyclic) bond motifs is 8. The summed E-state index contributed by atoms with van der Waals surface area (Å²) in [5.41, 5.74) is 19.0. The minimum Gasteiger partial charge on any atom is -0.309 e. The van der Waals surface area contributed by atoms with Crippen molar-refractivity contribution in [2.24, 2.45) is 0 Å². The number of hydrogen-bond acceptors (Lipinski definition) is 1. The van der Waals surface area contributed by atoms with Crippen molar-refractivity contribution in [3.05, 3.63) is 193 Å². The molecule has 1 spiro atoms. The number of nitrogens with zero attached hydrogens (tertiary/aromatic N) is 2. The number of aromatic nitrogens is 2. The van der Waals surface area contributed by atoms with Gasteiger partial charge in [0.1, 0.15) is 0 Å². The normalized spacial score (nSPS) is 14.1. The zero-order valence-corrected chi connectivity index (χ0v) is 33.4. The van der Waals surface area contributed by atoms with Crippen LogP contribution in [0.25, 0.3) is 83.3 Å². The molecule has 0 atom stereocenters. The van der Waals surface area contributed by atoms with Gasteiger partial charge in [-0.1, -0.05) is 122 Å². The van der Waals surface area contributed by atoms with Crippen LogP contribution in [0.15, 0.2) is 176 Å². The van der Waals surface area contributed by atoms with Crippen molar-refractivity contribution in [1.29, 1.82) is 0 Å². The molecule has 2 aliphatic carbocycles. The molecule has 0 N–H and O–H groups in total. The van der Waals surface area contributed by atoms with E-state index in [-0.39, 0.29) is 25.5 Å². The number of hydrogen-bond donors (Lipinski definition) is 0. The summed E-state index contributed by atoms with van der Waals surface area (Å²) in [4.78, 5) is 4.56. The van der Waals surface area contributed by atoms with Crippen molar-refractivity contribution in [2.45, 2.75) is 37.5 Å². The molecule has 1 saturated carbocycles. The SMILES string of the molecule is [Ir].[c-]1ccc(-c2cccc(-c3ccc4c(c3)C3(CCCCC3)c3cc(-c5ccc(-n6c7ccccc7c7ccccc76)cc5)ccc3-4)c2)cc1-c1ccccn1. The van der Waals surface area contributed by atoms with Gasteiger partial charge in [-0.3, -0.25) is 0 Å². The van der Waals surface area contributed by atoms with Gasteiger partial charge in [0.05, 0.1) is 11.0 Å². The molecule has 3 heteroatoms. The molecule has 9 aromatic rings. The van der Waals surface area contributed by atoms with E-state index in [0.29, 0.717) is 0 Å². The molecule has 1 radical (unpaired) electrons. The fraction of sp³-hybridized carbons (Fsp3) is 0.113. The van der Waals surface area contributed by atoms with Crippen LogP contribution in [0.1, 0.15) is 43.2 Å². The third-order valence-corrected chi connectivity index (χ3v) is 12.4. The van der Waals surface area contributed by atoms with E-state index < -0.39 is 0 Å². The van der Waals surface area contributed by atoms with Crippen LogP contribution < -0.4 is 0 Å². The Bertz CT molecular complexity index is 2840. The van der Waals surface area contributed by atoms with E-state index in [1.807, 2.05) is 30.5 Å². The van der Waals surface area contributed by atoms with E-state index in [2.05, 4.69) is 161 Å². The quantitative estimate of drug-likeness (QED) is 0.157. The van der Waals surface area contributed by atoms with E-state index in [1.165, 1.54) is 115 Å². The Morgan fingerprint density at radius 3 is 1.70 bits per heavy atom. The predicted octanol–water partition coefficient (Wildman–Crippen LogP) is 13.9. The van der Waals surface area contributed by atoms with Crippen molar-refractivity contribution in [2.75, 3.05) is 0 Å². The standard InChI is InChI=1S/C53H39N2.Ir/c1-7-29-53(30-8-1)48-34-40(36-21-25-43(26-22-36)55-51-19-4-2-16-46(51)47-17-3-5-20-52(47)55)23-27-44(48)45-28-24-41(35-49(45)53)38-13-10-12-37(32-38)39-14-11-15-42(33-39)50-18-6-9-31-54-50;/h2-6,9-14,16-28,31-35H,1,7-8,29-30H2;/q-1;. The fourth-order valence-corrected chi connectivity index (χ4v) is 9.75. The van der Waals surface area contributed by atoms with E-state index in [0.717, 1.165) is 11.3 Å². The Hall–Kier alpha value is -5.86. The van der Waals surface area contributed by atoms with Gasteiger partial charge in [0.25, 0.3) is 0 Å². The molecule has 0 bridgehead atoms. The second-order valence-electron chi connectivity index (χ2n) is 15.4. The van der Waals surface area contributed by atoms with Crippen LogP contribution in [-0.2, 0) is 25.5 Å². The first-order valence-corrected chi connectivity index (χ1v) is 19.7. The average Bonchev–Trinajstić information content (AvgIpc) is 3.73. The minimum atomic E-state index is 0. The van der Waals surface area contributed by atoms with Gasteiger partial charge in [-0.15, -0.1) is 35.4 Å². The van der Waals surface area contributed by atoms with Crippen LogP contribution in [0.4, 0.5) is 0 Å². The van der Waals surface area contributed by atoms with Gasteiger partial charge in [0, 0.05) is 48.2 Å². The topological polar surface area (TPSA) is 17.8 Å². The molecule has 271 valence electrons. The summed E-state index contributed by atoms with van der Waals surface area (Å²) in [5.74, 6) is 0. The molecule has 0 aliphatic heterocycles. The smallest absolute Gasteiger partial charge is 0.0541 e. The molecule has 0 unspecified atom stereocenters. The van der Waals surface area contributed by atoms with Crippen molar-refractivity contribution < 1.29 is 20.1 Å². The van der Waals surface area contributed by atoms with Gasteiger partial charge < -0.3 is 9.55 Å². The Labute approximate surface area is 341 Å². The van der Waals surface area contributed by atoms with Gasteiger partial charge in [-0.25, -0.2) is 0 Å². The zero-order chi connectivity index (χ0) is 36.3. The van der Waals surface area contributed by atoms with Crippen LogP contribution in [0, 0.1) is 6.07 Å². The van der Waals surface area contributed by atoms with Crippen molar-refractivity contribution >= 4 is 21.8 Å². The monoisotopic (exact) mass is 896 g/mol. The van der Waals surface area contributed by atoms with Crippen LogP contribution in [0.5, 0.6) is 0 Å². The second kappa shape index (κ2) is 14.0. The molecule has 11 rings (SSSR count). The summed E-state index contributed by atoms with van der Waals surface area (Å²) < 4.78 is 2.40. The summed E-state index contributed by atoms with van der Waals surface area (Å²) in [6, 6.07) is 66.0. The molecule has 2 heterocycles. The van der Waals surface area contributed by atoms with Crippen LogP contribution in [0.2, 0.25) is 0 Å². The Morgan fingerprint density at radius 2 is 1.05 bits per heavy atom. The van der Waals surface area contributed by atoms with Crippen molar-refractivity contribution in [3.8, 4) is 61.5 Å².